The van der Waals surface area contributed by atoms with Gasteiger partial charge >= 0.3 is 0 Å². The molecule has 0 fully saturated rings. The van der Waals surface area contributed by atoms with E-state index in [1.807, 2.05) is 116 Å². The molecule has 0 saturated carbocycles. The highest BCUT2D eigenvalue weighted by atomic mass is 16.5. The van der Waals surface area contributed by atoms with Gasteiger partial charge in [0.05, 0.1) is 6.10 Å². The van der Waals surface area contributed by atoms with E-state index in [-0.39, 0.29) is 6.61 Å². The van der Waals surface area contributed by atoms with Crippen molar-refractivity contribution >= 4 is 0 Å². The lowest BCUT2D eigenvalue weighted by Crippen LogP contribution is -2.37. The van der Waals surface area contributed by atoms with E-state index in [0.717, 1.165) is 33.8 Å². The Bertz CT molecular complexity index is 1200. The third-order valence-electron chi connectivity index (χ3n) is 6.09. The Morgan fingerprint density at radius 1 is 0.676 bits per heavy atom. The van der Waals surface area contributed by atoms with E-state index in [9.17, 15) is 10.2 Å². The second kappa shape index (κ2) is 13.6. The standard InChI is InChI=1S/C32H35NO4/c1-25-9-8-14-31(19-25)37-24-29(34)21-33(20-26-10-4-2-5-11-26)22-32(35)28-15-17-30(18-16-28)36-23-27-12-6-3-7-13-27/h2-19,29,32,34-35H,20-24H2,1H3. The SMILES string of the molecule is Cc1cccc(OCC(O)CN(Cc2ccccc2)CC(O)c2ccc(OCc3ccccc3)cc2)c1. The van der Waals surface area contributed by atoms with Crippen LogP contribution in [-0.4, -0.2) is 40.9 Å². The van der Waals surface area contributed by atoms with Crippen LogP contribution < -0.4 is 9.47 Å². The van der Waals surface area contributed by atoms with Crippen molar-refractivity contribution in [1.82, 2.24) is 4.90 Å². The molecule has 0 spiro atoms. The number of hydrogen-bond acceptors (Lipinski definition) is 5. The zero-order valence-electron chi connectivity index (χ0n) is 21.2. The molecule has 5 nitrogen and oxygen atoms in total. The summed E-state index contributed by atoms with van der Waals surface area (Å²) in [5.74, 6) is 1.49. The van der Waals surface area contributed by atoms with Crippen molar-refractivity contribution in [3.8, 4) is 11.5 Å². The lowest BCUT2D eigenvalue weighted by Gasteiger charge is -2.27. The highest BCUT2D eigenvalue weighted by Gasteiger charge is 2.18. The Hall–Kier alpha value is -3.64. The molecule has 2 unspecified atom stereocenters. The first-order valence-electron chi connectivity index (χ1n) is 12.6. The van der Waals surface area contributed by atoms with E-state index in [0.29, 0.717) is 26.2 Å². The number of aryl methyl sites for hydroxylation is 1. The third kappa shape index (κ3) is 8.76. The van der Waals surface area contributed by atoms with E-state index in [2.05, 4.69) is 4.90 Å². The molecule has 0 aromatic heterocycles. The van der Waals surface area contributed by atoms with Crippen LogP contribution >= 0.6 is 0 Å². The van der Waals surface area contributed by atoms with Crippen LogP contribution in [0.5, 0.6) is 11.5 Å². The molecule has 4 rings (SSSR count). The molecule has 37 heavy (non-hydrogen) atoms. The predicted molar refractivity (Wildman–Crippen MR) is 147 cm³/mol. The second-order valence-corrected chi connectivity index (χ2v) is 9.32. The molecule has 192 valence electrons. The average Bonchev–Trinajstić information content (AvgIpc) is 2.92. The first-order valence-corrected chi connectivity index (χ1v) is 12.6. The molecule has 0 heterocycles. The first kappa shape index (κ1) is 26.4. The van der Waals surface area contributed by atoms with Crippen LogP contribution in [0.3, 0.4) is 0 Å². The number of hydrogen-bond donors (Lipinski definition) is 2. The predicted octanol–water partition coefficient (Wildman–Crippen LogP) is 5.55. The van der Waals surface area contributed by atoms with Gasteiger partial charge in [-0.15, -0.1) is 0 Å². The number of aliphatic hydroxyl groups is 2. The van der Waals surface area contributed by atoms with Crippen molar-refractivity contribution in [1.29, 1.82) is 0 Å². The van der Waals surface area contributed by atoms with Gasteiger partial charge in [-0.3, -0.25) is 4.90 Å². The molecule has 0 radical (unpaired) electrons. The monoisotopic (exact) mass is 497 g/mol. The van der Waals surface area contributed by atoms with Crippen LogP contribution in [0, 0.1) is 6.92 Å². The lowest BCUT2D eigenvalue weighted by molar-refractivity contribution is 0.0419. The summed E-state index contributed by atoms with van der Waals surface area (Å²) >= 11 is 0. The van der Waals surface area contributed by atoms with E-state index in [4.69, 9.17) is 9.47 Å². The topological polar surface area (TPSA) is 62.2 Å². The Labute approximate surface area is 219 Å². The van der Waals surface area contributed by atoms with Crippen LogP contribution in [0.2, 0.25) is 0 Å². The fourth-order valence-electron chi connectivity index (χ4n) is 4.17. The molecular weight excluding hydrogens is 462 g/mol. The average molecular weight is 498 g/mol. The molecule has 0 bridgehead atoms. The fourth-order valence-corrected chi connectivity index (χ4v) is 4.17. The van der Waals surface area contributed by atoms with Gasteiger partial charge in [-0.05, 0) is 53.4 Å². The third-order valence-corrected chi connectivity index (χ3v) is 6.09. The van der Waals surface area contributed by atoms with Gasteiger partial charge in [0.15, 0.2) is 0 Å². The van der Waals surface area contributed by atoms with Gasteiger partial charge in [0.1, 0.15) is 30.8 Å². The minimum atomic E-state index is -0.711. The molecule has 0 aliphatic carbocycles. The Kier molecular flexibility index (Phi) is 9.72. The molecule has 0 saturated heterocycles. The van der Waals surface area contributed by atoms with Crippen molar-refractivity contribution in [2.45, 2.75) is 32.3 Å². The Morgan fingerprint density at radius 3 is 2.03 bits per heavy atom. The second-order valence-electron chi connectivity index (χ2n) is 9.32. The van der Waals surface area contributed by atoms with Gasteiger partial charge in [0.2, 0.25) is 0 Å². The van der Waals surface area contributed by atoms with Gasteiger partial charge in [-0.2, -0.15) is 0 Å². The zero-order valence-corrected chi connectivity index (χ0v) is 21.2. The van der Waals surface area contributed by atoms with Crippen molar-refractivity contribution in [2.24, 2.45) is 0 Å². The zero-order chi connectivity index (χ0) is 25.9. The minimum absolute atomic E-state index is 0.179. The minimum Gasteiger partial charge on any atom is -0.491 e. The summed E-state index contributed by atoms with van der Waals surface area (Å²) in [4.78, 5) is 2.06. The molecule has 0 aliphatic heterocycles. The van der Waals surface area contributed by atoms with Crippen LogP contribution in [0.25, 0.3) is 0 Å². The molecule has 2 atom stereocenters. The number of benzene rings is 4. The molecule has 0 aliphatic rings. The molecule has 2 N–H and O–H groups in total. The number of aliphatic hydroxyl groups excluding tert-OH is 2. The highest BCUT2D eigenvalue weighted by molar-refractivity contribution is 5.29. The van der Waals surface area contributed by atoms with Crippen molar-refractivity contribution in [2.75, 3.05) is 19.7 Å². The summed E-state index contributed by atoms with van der Waals surface area (Å²) in [5, 5.41) is 21.8. The summed E-state index contributed by atoms with van der Waals surface area (Å²) in [6.45, 7) is 4.04. The van der Waals surface area contributed by atoms with Gasteiger partial charge in [0, 0.05) is 19.6 Å². The number of ether oxygens (including phenoxy) is 2. The van der Waals surface area contributed by atoms with Crippen LogP contribution in [0.15, 0.2) is 109 Å². The van der Waals surface area contributed by atoms with E-state index in [1.165, 1.54) is 0 Å². The summed E-state index contributed by atoms with van der Waals surface area (Å²) in [7, 11) is 0. The molecule has 0 amide bonds. The van der Waals surface area contributed by atoms with Gasteiger partial charge < -0.3 is 19.7 Å². The molecule has 5 heteroatoms. The van der Waals surface area contributed by atoms with Gasteiger partial charge in [0.25, 0.3) is 0 Å². The van der Waals surface area contributed by atoms with Crippen molar-refractivity contribution in [3.05, 3.63) is 131 Å². The number of nitrogens with zero attached hydrogens (tertiary/aromatic N) is 1. The molecule has 4 aromatic carbocycles. The Balaban J connectivity index is 1.35. The van der Waals surface area contributed by atoms with Crippen molar-refractivity contribution < 1.29 is 19.7 Å². The molecule has 4 aromatic rings. The van der Waals surface area contributed by atoms with Crippen LogP contribution in [-0.2, 0) is 13.2 Å². The summed E-state index contributed by atoms with van der Waals surface area (Å²) < 4.78 is 11.7. The highest BCUT2D eigenvalue weighted by Crippen LogP contribution is 2.21. The van der Waals surface area contributed by atoms with Crippen LogP contribution in [0.1, 0.15) is 28.4 Å². The maximum Gasteiger partial charge on any atom is 0.119 e. The largest absolute Gasteiger partial charge is 0.491 e. The fraction of sp³-hybridized carbons (Fsp3) is 0.250. The van der Waals surface area contributed by atoms with E-state index >= 15 is 0 Å². The van der Waals surface area contributed by atoms with E-state index in [1.54, 1.807) is 0 Å². The smallest absolute Gasteiger partial charge is 0.119 e. The summed E-state index contributed by atoms with van der Waals surface area (Å²) in [6, 6.07) is 35.4. The van der Waals surface area contributed by atoms with Gasteiger partial charge in [-0.25, -0.2) is 0 Å². The summed E-state index contributed by atoms with van der Waals surface area (Å²) in [6.07, 6.45) is -1.41. The van der Waals surface area contributed by atoms with Crippen LogP contribution in [0.4, 0.5) is 0 Å². The Morgan fingerprint density at radius 2 is 1.35 bits per heavy atom. The van der Waals surface area contributed by atoms with Crippen molar-refractivity contribution in [3.63, 3.8) is 0 Å². The van der Waals surface area contributed by atoms with E-state index < -0.39 is 12.2 Å². The normalized spacial score (nSPS) is 12.8. The maximum atomic E-state index is 11.0. The lowest BCUT2D eigenvalue weighted by atomic mass is 10.1. The summed E-state index contributed by atoms with van der Waals surface area (Å²) in [5.41, 5.74) is 4.13. The van der Waals surface area contributed by atoms with Gasteiger partial charge in [-0.1, -0.05) is 84.9 Å². The quantitative estimate of drug-likeness (QED) is 0.254. The maximum absolute atomic E-state index is 11.0. The first-order chi connectivity index (χ1) is 18.0. The number of rotatable bonds is 13. The molecular formula is C32H35NO4.